The van der Waals surface area contributed by atoms with Gasteiger partial charge < -0.3 is 42.7 Å². The van der Waals surface area contributed by atoms with Gasteiger partial charge in [-0.2, -0.15) is 0 Å². The average molecular weight is 524 g/mol. The Bertz CT molecular complexity index is 971. The van der Waals surface area contributed by atoms with Crippen molar-refractivity contribution in [1.29, 1.82) is 0 Å². The zero-order valence-corrected chi connectivity index (χ0v) is 20.3. The lowest BCUT2D eigenvalue weighted by molar-refractivity contribution is -0.143. The summed E-state index contributed by atoms with van der Waals surface area (Å²) in [7, 11) is 0. The summed E-state index contributed by atoms with van der Waals surface area (Å²) in [6.07, 6.45) is -2.94. The minimum atomic E-state index is -1.58. The summed E-state index contributed by atoms with van der Waals surface area (Å²) in [6.45, 7) is 1.22. The van der Waals surface area contributed by atoms with Crippen LogP contribution in [0.3, 0.4) is 0 Å². The van der Waals surface area contributed by atoms with Crippen molar-refractivity contribution < 1.29 is 44.1 Å². The van der Waals surface area contributed by atoms with E-state index in [0.29, 0.717) is 0 Å². The van der Waals surface area contributed by atoms with E-state index in [2.05, 4.69) is 16.0 Å². The molecular formula is C23H33N5O9. The highest BCUT2D eigenvalue weighted by molar-refractivity contribution is 5.94. The largest absolute Gasteiger partial charge is 0.481 e. The number of rotatable bonds is 16. The molecule has 0 saturated carbocycles. The minimum absolute atomic E-state index is 0.150. The van der Waals surface area contributed by atoms with Crippen LogP contribution in [0.1, 0.15) is 38.2 Å². The second kappa shape index (κ2) is 15.2. The van der Waals surface area contributed by atoms with Crippen LogP contribution in [0.5, 0.6) is 0 Å². The van der Waals surface area contributed by atoms with Crippen molar-refractivity contribution >= 4 is 35.6 Å². The van der Waals surface area contributed by atoms with E-state index >= 15 is 0 Å². The number of primary amides is 1. The van der Waals surface area contributed by atoms with Crippen LogP contribution in [-0.2, 0) is 35.2 Å². The second-order valence-corrected chi connectivity index (χ2v) is 8.42. The fourth-order valence-corrected chi connectivity index (χ4v) is 3.24. The van der Waals surface area contributed by atoms with Gasteiger partial charge in [0, 0.05) is 12.8 Å². The van der Waals surface area contributed by atoms with Gasteiger partial charge in [0.05, 0.1) is 12.1 Å². The van der Waals surface area contributed by atoms with Gasteiger partial charge in [-0.05, 0) is 31.7 Å². The first-order valence-corrected chi connectivity index (χ1v) is 11.4. The predicted molar refractivity (Wildman–Crippen MR) is 129 cm³/mol. The number of aliphatic hydroxyl groups excluding tert-OH is 1. The zero-order valence-electron chi connectivity index (χ0n) is 20.3. The third-order valence-electron chi connectivity index (χ3n) is 5.27. The highest BCUT2D eigenvalue weighted by atomic mass is 16.4. The molecule has 0 aliphatic rings. The Morgan fingerprint density at radius 2 is 1.41 bits per heavy atom. The number of benzene rings is 1. The minimum Gasteiger partial charge on any atom is -0.481 e. The van der Waals surface area contributed by atoms with Gasteiger partial charge in [-0.15, -0.1) is 0 Å². The molecule has 0 fully saturated rings. The third-order valence-corrected chi connectivity index (χ3v) is 5.27. The van der Waals surface area contributed by atoms with E-state index in [1.54, 1.807) is 30.3 Å². The molecule has 0 saturated heterocycles. The molecular weight excluding hydrogens is 490 g/mol. The molecule has 5 atom stereocenters. The number of nitrogens with one attached hydrogen (secondary N) is 3. The van der Waals surface area contributed by atoms with E-state index < -0.39 is 78.7 Å². The molecule has 0 heterocycles. The molecule has 37 heavy (non-hydrogen) atoms. The molecule has 204 valence electrons. The number of amides is 4. The lowest BCUT2D eigenvalue weighted by Gasteiger charge is -2.26. The lowest BCUT2D eigenvalue weighted by Crippen LogP contribution is -2.60. The first-order valence-electron chi connectivity index (χ1n) is 11.4. The Morgan fingerprint density at radius 3 is 1.92 bits per heavy atom. The summed E-state index contributed by atoms with van der Waals surface area (Å²) in [6, 6.07) is 3.17. The quantitative estimate of drug-likeness (QED) is 0.114. The van der Waals surface area contributed by atoms with Crippen molar-refractivity contribution in [1.82, 2.24) is 16.0 Å². The molecule has 4 amide bonds. The van der Waals surface area contributed by atoms with Crippen LogP contribution >= 0.6 is 0 Å². The monoisotopic (exact) mass is 523 g/mol. The van der Waals surface area contributed by atoms with Gasteiger partial charge in [-0.3, -0.25) is 24.0 Å². The number of carbonyl (C=O) groups excluding carboxylic acids is 4. The number of aliphatic carboxylic acids is 2. The summed E-state index contributed by atoms with van der Waals surface area (Å²) >= 11 is 0. The zero-order chi connectivity index (χ0) is 28.1. The number of hydrogen-bond acceptors (Lipinski definition) is 8. The first kappa shape index (κ1) is 31.0. The van der Waals surface area contributed by atoms with Gasteiger partial charge in [0.15, 0.2) is 0 Å². The third kappa shape index (κ3) is 11.5. The summed E-state index contributed by atoms with van der Waals surface area (Å²) in [5, 5.41) is 34.9. The molecule has 0 aliphatic heterocycles. The number of carboxylic acids is 2. The number of carboxylic acid groups (broad SMARTS) is 2. The fraction of sp³-hybridized carbons (Fsp3) is 0.478. The van der Waals surface area contributed by atoms with Crippen molar-refractivity contribution in [3.8, 4) is 0 Å². The number of hydrogen-bond donors (Lipinski definition) is 8. The molecule has 1 rings (SSSR count). The lowest BCUT2D eigenvalue weighted by atomic mass is 10.0. The van der Waals surface area contributed by atoms with E-state index in [1.807, 2.05) is 0 Å². The van der Waals surface area contributed by atoms with Gasteiger partial charge in [0.25, 0.3) is 0 Å². The average Bonchev–Trinajstić information content (AvgIpc) is 2.82. The Balaban J connectivity index is 2.95. The van der Waals surface area contributed by atoms with E-state index in [9.17, 15) is 39.0 Å². The molecule has 14 nitrogen and oxygen atoms in total. The van der Waals surface area contributed by atoms with Crippen LogP contribution < -0.4 is 27.4 Å². The topological polar surface area (TPSA) is 251 Å². The summed E-state index contributed by atoms with van der Waals surface area (Å²) in [5.74, 6) is -6.36. The molecule has 1 aromatic carbocycles. The first-order chi connectivity index (χ1) is 17.3. The molecule has 0 bridgehead atoms. The van der Waals surface area contributed by atoms with Crippen molar-refractivity contribution in [2.75, 3.05) is 0 Å². The van der Waals surface area contributed by atoms with Gasteiger partial charge in [-0.1, -0.05) is 30.3 Å². The summed E-state index contributed by atoms with van der Waals surface area (Å²) in [4.78, 5) is 71.6. The normalized spacial score (nSPS) is 14.8. The van der Waals surface area contributed by atoms with Crippen LogP contribution in [0, 0.1) is 0 Å². The van der Waals surface area contributed by atoms with Gasteiger partial charge in [-0.25, -0.2) is 4.79 Å². The number of aliphatic hydroxyl groups is 1. The van der Waals surface area contributed by atoms with Crippen LogP contribution in [0.2, 0.25) is 0 Å². The number of nitrogens with two attached hydrogens (primary N) is 2. The van der Waals surface area contributed by atoms with Crippen molar-refractivity contribution in [3.63, 3.8) is 0 Å². The molecule has 0 radical (unpaired) electrons. The smallest absolute Gasteiger partial charge is 0.326 e. The van der Waals surface area contributed by atoms with E-state index in [4.69, 9.17) is 16.6 Å². The Kier molecular flexibility index (Phi) is 12.7. The number of carbonyl (C=O) groups is 6. The van der Waals surface area contributed by atoms with E-state index in [1.165, 1.54) is 6.92 Å². The summed E-state index contributed by atoms with van der Waals surface area (Å²) in [5.41, 5.74) is 11.8. The highest BCUT2D eigenvalue weighted by Crippen LogP contribution is 2.06. The Labute approximate surface area is 212 Å². The van der Waals surface area contributed by atoms with Gasteiger partial charge in [0.2, 0.25) is 23.6 Å². The molecule has 0 spiro atoms. The van der Waals surface area contributed by atoms with E-state index in [-0.39, 0.29) is 19.3 Å². The predicted octanol–water partition coefficient (Wildman–Crippen LogP) is -2.39. The van der Waals surface area contributed by atoms with Crippen LogP contribution in [0.25, 0.3) is 0 Å². The summed E-state index contributed by atoms with van der Waals surface area (Å²) < 4.78 is 0. The maximum Gasteiger partial charge on any atom is 0.326 e. The molecule has 1 aromatic rings. The van der Waals surface area contributed by atoms with E-state index in [0.717, 1.165) is 5.56 Å². The van der Waals surface area contributed by atoms with Crippen LogP contribution in [-0.4, -0.2) is 81.2 Å². The maximum absolute atomic E-state index is 12.9. The van der Waals surface area contributed by atoms with Gasteiger partial charge >= 0.3 is 11.9 Å². The molecule has 10 N–H and O–H groups in total. The SMILES string of the molecule is CC(O)C(NC(=O)C(N)Cc1ccccc1)C(=O)NC(CCC(N)=O)C(=O)NC(CCC(=O)O)C(=O)O. The van der Waals surface area contributed by atoms with Crippen molar-refractivity contribution in [2.24, 2.45) is 11.5 Å². The standard InChI is InChI=1S/C23H33N5O9/c1-12(29)19(28-20(33)14(24)11-13-5-3-2-4-6-13)22(35)26-15(7-9-17(25)30)21(34)27-16(23(36)37)8-10-18(31)32/h2-6,12,14-16,19,29H,7-11,24H2,1H3,(H2,25,30)(H,26,35)(H,27,34)(H,28,33)(H,31,32)(H,36,37). The molecule has 0 aliphatic carbocycles. The Morgan fingerprint density at radius 1 is 0.838 bits per heavy atom. The Hall–Kier alpha value is -4.04. The maximum atomic E-state index is 12.9. The molecule has 14 heteroatoms. The molecule has 5 unspecified atom stereocenters. The van der Waals surface area contributed by atoms with Crippen LogP contribution in [0.4, 0.5) is 0 Å². The van der Waals surface area contributed by atoms with Crippen molar-refractivity contribution in [3.05, 3.63) is 35.9 Å². The van der Waals surface area contributed by atoms with Crippen molar-refractivity contribution in [2.45, 2.75) is 69.3 Å². The highest BCUT2D eigenvalue weighted by Gasteiger charge is 2.32. The second-order valence-electron chi connectivity index (χ2n) is 8.42. The van der Waals surface area contributed by atoms with Gasteiger partial charge in [0.1, 0.15) is 18.1 Å². The fourth-order valence-electron chi connectivity index (χ4n) is 3.24. The molecule has 0 aromatic heterocycles. The van der Waals surface area contributed by atoms with Crippen LogP contribution in [0.15, 0.2) is 30.3 Å².